The predicted octanol–water partition coefficient (Wildman–Crippen LogP) is -0.602. The van der Waals surface area contributed by atoms with E-state index in [1.54, 1.807) is 0 Å². The summed E-state index contributed by atoms with van der Waals surface area (Å²) in [5, 5.41) is 13.9. The van der Waals surface area contributed by atoms with Crippen LogP contribution in [-0.4, -0.2) is 21.8 Å². The van der Waals surface area contributed by atoms with Crippen LogP contribution < -0.4 is 0 Å². The third-order valence-electron chi connectivity index (χ3n) is 0. The van der Waals surface area contributed by atoms with Crippen molar-refractivity contribution in [3.8, 4) is 0 Å². The average Bonchev–Trinajstić information content (AvgIpc) is 0.811. The van der Waals surface area contributed by atoms with Gasteiger partial charge in [-0.15, -0.1) is 0 Å². The quantitative estimate of drug-likeness (QED) is 0.447. The Bertz CT molecular complexity index is 30.5. The van der Waals surface area contributed by atoms with E-state index in [1.165, 1.54) is 0 Å². The van der Waals surface area contributed by atoms with Crippen molar-refractivity contribution in [1.82, 2.24) is 0 Å². The Kier molecular flexibility index (Phi) is 24.3. The number of carboxylic acid groups (broad SMARTS) is 2. The van der Waals surface area contributed by atoms with Crippen molar-refractivity contribution in [1.29, 1.82) is 0 Å². The van der Waals surface area contributed by atoms with Crippen LogP contribution in [0.4, 0.5) is 4.79 Å². The third kappa shape index (κ3) is 228. The second-order valence-corrected chi connectivity index (χ2v) is 0.283. The second kappa shape index (κ2) is 9.09. The molecule has 0 atom stereocenters. The number of carbonyl (C=O) groups is 1. The van der Waals surface area contributed by atoms with Gasteiger partial charge in [-0.05, 0) is 0 Å². The zero-order valence-electron chi connectivity index (χ0n) is 2.66. The van der Waals surface area contributed by atoms with Crippen LogP contribution in [0.1, 0.15) is 0 Å². The average molecular weight is 120 g/mol. The summed E-state index contributed by atoms with van der Waals surface area (Å²) in [6.45, 7) is 0. The van der Waals surface area contributed by atoms with E-state index in [0.29, 0.717) is 0 Å². The first-order valence-electron chi connectivity index (χ1n) is 0.651. The van der Waals surface area contributed by atoms with Crippen molar-refractivity contribution in [2.24, 2.45) is 0 Å². The fraction of sp³-hybridized carbons (Fsp3) is 0. The maximum absolute atomic E-state index is 8.56. The van der Waals surface area contributed by atoms with E-state index in [9.17, 15) is 0 Å². The van der Waals surface area contributed by atoms with Crippen molar-refractivity contribution in [2.45, 2.75) is 0 Å². The van der Waals surface area contributed by atoms with Gasteiger partial charge >= 0.3 is 6.16 Å². The molecule has 0 aliphatic carbocycles. The maximum Gasteiger partial charge on any atom is 0.503 e. The molecule has 0 saturated carbocycles. The van der Waals surface area contributed by atoms with Crippen LogP contribution in [0, 0.1) is 37.7 Å². The first-order chi connectivity index (χ1) is 1.73. The van der Waals surface area contributed by atoms with Crippen molar-refractivity contribution in [3.63, 3.8) is 0 Å². The Hall–Kier alpha value is 0.490. The smallest absolute Gasteiger partial charge is 0.450 e. The molecule has 0 saturated heterocycles. The molecule has 0 fully saturated rings. The standard InChI is InChI=1S/CH2O3.Ar.H2O/c2-1(3)4;;/h(H2,2,3,4);;1H2. The largest absolute Gasteiger partial charge is 0.503 e. The van der Waals surface area contributed by atoms with Crippen LogP contribution in [0.5, 0.6) is 0 Å². The fourth-order valence-corrected chi connectivity index (χ4v) is 0. The minimum absolute atomic E-state index is 0. The molecule has 0 radical (unpaired) electrons. The molecule has 4 nitrogen and oxygen atoms in total. The van der Waals surface area contributed by atoms with Gasteiger partial charge in [0.1, 0.15) is 0 Å². The van der Waals surface area contributed by atoms with Gasteiger partial charge in [0.05, 0.1) is 0 Å². The topological polar surface area (TPSA) is 89.0 Å². The second-order valence-electron chi connectivity index (χ2n) is 0.283. The SMILES string of the molecule is O.O=C(O)O.[Ar]. The molecule has 40 valence electrons. The first kappa shape index (κ1) is 16.1. The molecular formula is CH4ArO4. The van der Waals surface area contributed by atoms with Gasteiger partial charge in [0.15, 0.2) is 0 Å². The fourth-order valence-electron chi connectivity index (χ4n) is 0. The predicted molar refractivity (Wildman–Crippen MR) is 14.3 cm³/mol. The molecule has 0 aliphatic rings. The minimum Gasteiger partial charge on any atom is -0.450 e. The van der Waals surface area contributed by atoms with Gasteiger partial charge in [-0.25, -0.2) is 4.79 Å². The molecule has 0 aliphatic heterocycles. The van der Waals surface area contributed by atoms with Gasteiger partial charge in [-0.3, -0.25) is 0 Å². The van der Waals surface area contributed by atoms with Gasteiger partial charge in [-0.1, -0.05) is 0 Å². The Labute approximate surface area is 64.1 Å². The van der Waals surface area contributed by atoms with E-state index in [1.807, 2.05) is 0 Å². The minimum atomic E-state index is -1.83. The Morgan fingerprint density at radius 2 is 1.33 bits per heavy atom. The van der Waals surface area contributed by atoms with Crippen molar-refractivity contribution >= 4 is 6.16 Å². The van der Waals surface area contributed by atoms with E-state index in [0.717, 1.165) is 0 Å². The van der Waals surface area contributed by atoms with Crippen LogP contribution >= 0.6 is 0 Å². The summed E-state index contributed by atoms with van der Waals surface area (Å²) >= 11 is 0. The molecule has 0 rings (SSSR count). The molecule has 0 aromatic heterocycles. The van der Waals surface area contributed by atoms with Gasteiger partial charge < -0.3 is 15.7 Å². The van der Waals surface area contributed by atoms with Crippen molar-refractivity contribution in [3.05, 3.63) is 0 Å². The van der Waals surface area contributed by atoms with Gasteiger partial charge in [0.2, 0.25) is 0 Å². The van der Waals surface area contributed by atoms with Crippen molar-refractivity contribution in [2.75, 3.05) is 0 Å². The van der Waals surface area contributed by atoms with Crippen LogP contribution in [0.3, 0.4) is 0 Å². The zero-order chi connectivity index (χ0) is 3.58. The molecule has 0 unspecified atom stereocenters. The summed E-state index contributed by atoms with van der Waals surface area (Å²) < 4.78 is 0. The first-order valence-corrected chi connectivity index (χ1v) is 0.651. The Balaban J connectivity index is -0.0000000450. The Morgan fingerprint density at radius 3 is 1.33 bits per heavy atom. The zero-order valence-corrected chi connectivity index (χ0v) is 3.36. The maximum atomic E-state index is 8.56. The van der Waals surface area contributed by atoms with Crippen LogP contribution in [0.2, 0.25) is 0 Å². The van der Waals surface area contributed by atoms with E-state index in [-0.39, 0.29) is 43.2 Å². The molecule has 4 N–H and O–H groups in total. The summed E-state index contributed by atoms with van der Waals surface area (Å²) in [7, 11) is 0. The number of hydrogen-bond acceptors (Lipinski definition) is 1. The van der Waals surface area contributed by atoms with E-state index in [2.05, 4.69) is 0 Å². The normalized spacial score (nSPS) is 4.00. The molecule has 0 amide bonds. The monoisotopic (exact) mass is 120 g/mol. The molecule has 0 bridgehead atoms. The third-order valence-corrected chi connectivity index (χ3v) is 0. The van der Waals surface area contributed by atoms with Crippen LogP contribution in [0.25, 0.3) is 0 Å². The van der Waals surface area contributed by atoms with E-state index < -0.39 is 6.16 Å². The Morgan fingerprint density at radius 1 is 1.33 bits per heavy atom. The molecule has 0 heterocycles. The number of hydrogen-bond donors (Lipinski definition) is 2. The number of rotatable bonds is 0. The summed E-state index contributed by atoms with van der Waals surface area (Å²) in [6.07, 6.45) is -1.83. The molecule has 5 heteroatoms. The van der Waals surface area contributed by atoms with E-state index >= 15 is 0 Å². The molecule has 6 heavy (non-hydrogen) atoms. The summed E-state index contributed by atoms with van der Waals surface area (Å²) in [5.74, 6) is 0. The molecule has 0 spiro atoms. The summed E-state index contributed by atoms with van der Waals surface area (Å²) in [4.78, 5) is 8.56. The van der Waals surface area contributed by atoms with Crippen LogP contribution in [0.15, 0.2) is 0 Å². The van der Waals surface area contributed by atoms with Gasteiger partial charge in [0.25, 0.3) is 0 Å². The van der Waals surface area contributed by atoms with Crippen LogP contribution in [-0.2, 0) is 0 Å². The van der Waals surface area contributed by atoms with Crippen molar-refractivity contribution < 1.29 is 58.2 Å². The molecular weight excluding hydrogens is 116 g/mol. The molecule has 0 aromatic carbocycles. The molecule has 0 aromatic rings. The summed E-state index contributed by atoms with van der Waals surface area (Å²) in [5.41, 5.74) is 0. The summed E-state index contributed by atoms with van der Waals surface area (Å²) in [6, 6.07) is 0. The van der Waals surface area contributed by atoms with Gasteiger partial charge in [0, 0.05) is 37.7 Å². The van der Waals surface area contributed by atoms with Gasteiger partial charge in [-0.2, -0.15) is 0 Å². The van der Waals surface area contributed by atoms with E-state index in [4.69, 9.17) is 15.0 Å².